The Balaban J connectivity index is 1.72. The van der Waals surface area contributed by atoms with Gasteiger partial charge in [-0.2, -0.15) is 0 Å². The van der Waals surface area contributed by atoms with E-state index in [0.29, 0.717) is 11.3 Å². The molecule has 0 radical (unpaired) electrons. The number of pyridine rings is 1. The van der Waals surface area contributed by atoms with Crippen LogP contribution in [0.2, 0.25) is 0 Å². The molecule has 2 aliphatic carbocycles. The van der Waals surface area contributed by atoms with Crippen molar-refractivity contribution in [1.82, 2.24) is 4.98 Å². The number of aromatic nitrogens is 1. The topological polar surface area (TPSA) is 76.3 Å². The zero-order valence-electron chi connectivity index (χ0n) is 17.3. The average molecular weight is 420 g/mol. The molecular weight excluding hydrogens is 400 g/mol. The van der Waals surface area contributed by atoms with E-state index < -0.39 is 4.92 Å². The molecule has 4 aromatic rings. The van der Waals surface area contributed by atoms with Gasteiger partial charge in [0.25, 0.3) is 5.69 Å². The Kier molecular flexibility index (Phi) is 4.12. The third kappa shape index (κ3) is 2.74. The molecule has 0 saturated carbocycles. The van der Waals surface area contributed by atoms with Crippen LogP contribution in [0.5, 0.6) is 5.75 Å². The molecule has 0 spiro atoms. The monoisotopic (exact) mass is 420 g/mol. The lowest BCUT2D eigenvalue weighted by Gasteiger charge is -2.30. The number of nitro benzene ring substituents is 1. The molecule has 32 heavy (non-hydrogen) atoms. The maximum absolute atomic E-state index is 11.5. The van der Waals surface area contributed by atoms with Gasteiger partial charge in [-0.1, -0.05) is 48.5 Å². The number of nitrogens with zero attached hydrogens (tertiary/aromatic N) is 2. The molecule has 5 heteroatoms. The van der Waals surface area contributed by atoms with Crippen LogP contribution in [0.4, 0.5) is 5.69 Å². The lowest BCUT2D eigenvalue weighted by Crippen LogP contribution is -2.15. The van der Waals surface area contributed by atoms with E-state index in [9.17, 15) is 15.2 Å². The van der Waals surface area contributed by atoms with Crippen LogP contribution >= 0.6 is 0 Å². The van der Waals surface area contributed by atoms with E-state index in [1.807, 2.05) is 12.1 Å². The molecule has 0 saturated heterocycles. The minimum atomic E-state index is -0.433. The predicted octanol–water partition coefficient (Wildman–Crippen LogP) is 5.89. The normalized spacial score (nSPS) is 13.5. The van der Waals surface area contributed by atoms with Gasteiger partial charge in [0.2, 0.25) is 0 Å². The molecule has 156 valence electrons. The molecule has 1 N–H and O–H groups in total. The zero-order chi connectivity index (χ0) is 21.8. The van der Waals surface area contributed by atoms with Crippen LogP contribution in [-0.4, -0.2) is 15.0 Å². The number of benzene rings is 3. The van der Waals surface area contributed by atoms with E-state index in [4.69, 9.17) is 4.98 Å². The molecular formula is C27H20N2O3. The van der Waals surface area contributed by atoms with E-state index in [0.717, 1.165) is 42.5 Å². The van der Waals surface area contributed by atoms with E-state index in [1.165, 1.54) is 46.0 Å². The van der Waals surface area contributed by atoms with E-state index in [-0.39, 0.29) is 11.4 Å². The van der Waals surface area contributed by atoms with Gasteiger partial charge in [-0.25, -0.2) is 0 Å². The minimum absolute atomic E-state index is 0.00418. The van der Waals surface area contributed by atoms with Crippen LogP contribution in [0.25, 0.3) is 33.5 Å². The fourth-order valence-electron chi connectivity index (χ4n) is 5.23. The first kappa shape index (κ1) is 18.8. The highest BCUT2D eigenvalue weighted by molar-refractivity contribution is 5.94. The van der Waals surface area contributed by atoms with Gasteiger partial charge in [-0.3, -0.25) is 15.1 Å². The number of fused-ring (bicyclic) bond motifs is 7. The van der Waals surface area contributed by atoms with Crippen molar-refractivity contribution in [3.63, 3.8) is 0 Å². The number of aryl methyl sites for hydroxylation is 3. The summed E-state index contributed by atoms with van der Waals surface area (Å²) in [4.78, 5) is 16.1. The molecule has 0 aliphatic heterocycles. The first-order valence-electron chi connectivity index (χ1n) is 10.8. The Bertz CT molecular complexity index is 1420. The molecule has 1 heterocycles. The second-order valence-electron chi connectivity index (χ2n) is 8.41. The largest absolute Gasteiger partial charge is 0.507 e. The Morgan fingerprint density at radius 3 is 2.16 bits per heavy atom. The third-order valence-corrected chi connectivity index (χ3v) is 6.67. The molecule has 0 atom stereocenters. The van der Waals surface area contributed by atoms with Gasteiger partial charge in [-0.15, -0.1) is 0 Å². The summed E-state index contributed by atoms with van der Waals surface area (Å²) in [6.07, 6.45) is 3.52. The van der Waals surface area contributed by atoms with Gasteiger partial charge in [-0.05, 0) is 59.6 Å². The van der Waals surface area contributed by atoms with Crippen LogP contribution in [0, 0.1) is 10.1 Å². The average Bonchev–Trinajstić information content (AvgIpc) is 2.83. The van der Waals surface area contributed by atoms with Crippen molar-refractivity contribution in [3.05, 3.63) is 99.2 Å². The van der Waals surface area contributed by atoms with Crippen molar-refractivity contribution in [1.29, 1.82) is 0 Å². The summed E-state index contributed by atoms with van der Waals surface area (Å²) in [6.45, 7) is 0. The highest BCUT2D eigenvalue weighted by atomic mass is 16.6. The van der Waals surface area contributed by atoms with Crippen molar-refractivity contribution in [2.75, 3.05) is 0 Å². The van der Waals surface area contributed by atoms with Gasteiger partial charge >= 0.3 is 0 Å². The standard InChI is InChI=1S/C27H20N2O3/c30-24-14-11-18(29(31)32)15-22(24)27-26-20-8-4-2-5-16(20)9-12-21(26)25-19-7-3-1-6-17(19)10-13-23(25)28-27/h1-8,11,14-15,30H,9-10,12-13H2. The molecule has 0 unspecified atom stereocenters. The van der Waals surface area contributed by atoms with Crippen LogP contribution in [-0.2, 0) is 25.7 Å². The lowest BCUT2D eigenvalue weighted by molar-refractivity contribution is -0.384. The van der Waals surface area contributed by atoms with Gasteiger partial charge in [0.05, 0.1) is 10.6 Å². The Labute approximate surface area is 185 Å². The fraction of sp³-hybridized carbons (Fsp3) is 0.148. The molecule has 5 nitrogen and oxygen atoms in total. The summed E-state index contributed by atoms with van der Waals surface area (Å²) in [5.41, 5.74) is 10.3. The lowest BCUT2D eigenvalue weighted by atomic mass is 9.76. The number of rotatable bonds is 2. The number of hydrogen-bond donors (Lipinski definition) is 1. The molecule has 1 aromatic heterocycles. The van der Waals surface area contributed by atoms with Crippen LogP contribution in [0.3, 0.4) is 0 Å². The number of hydrogen-bond acceptors (Lipinski definition) is 4. The van der Waals surface area contributed by atoms with Crippen molar-refractivity contribution in [2.45, 2.75) is 25.7 Å². The van der Waals surface area contributed by atoms with Crippen LogP contribution < -0.4 is 0 Å². The van der Waals surface area contributed by atoms with Gasteiger partial charge < -0.3 is 5.11 Å². The molecule has 0 amide bonds. The zero-order valence-corrected chi connectivity index (χ0v) is 17.3. The smallest absolute Gasteiger partial charge is 0.270 e. The summed E-state index contributed by atoms with van der Waals surface area (Å²) < 4.78 is 0. The highest BCUT2D eigenvalue weighted by Crippen LogP contribution is 2.48. The Morgan fingerprint density at radius 1 is 0.781 bits per heavy atom. The van der Waals surface area contributed by atoms with E-state index in [2.05, 4.69) is 36.4 Å². The van der Waals surface area contributed by atoms with Crippen molar-refractivity contribution in [2.24, 2.45) is 0 Å². The molecule has 3 aromatic carbocycles. The summed E-state index contributed by atoms with van der Waals surface area (Å²) in [5, 5.41) is 22.2. The van der Waals surface area contributed by atoms with Crippen molar-refractivity contribution < 1.29 is 10.0 Å². The number of phenols is 1. The summed E-state index contributed by atoms with van der Waals surface area (Å²) in [6, 6.07) is 20.9. The summed E-state index contributed by atoms with van der Waals surface area (Å²) >= 11 is 0. The van der Waals surface area contributed by atoms with Crippen LogP contribution in [0.15, 0.2) is 66.7 Å². The summed E-state index contributed by atoms with van der Waals surface area (Å²) in [5.74, 6) is 0.00418. The molecule has 6 rings (SSSR count). The highest BCUT2D eigenvalue weighted by Gasteiger charge is 2.30. The van der Waals surface area contributed by atoms with Crippen molar-refractivity contribution >= 4 is 5.69 Å². The Morgan fingerprint density at radius 2 is 1.44 bits per heavy atom. The maximum atomic E-state index is 11.5. The second-order valence-corrected chi connectivity index (χ2v) is 8.41. The van der Waals surface area contributed by atoms with Crippen LogP contribution in [0.1, 0.15) is 22.4 Å². The maximum Gasteiger partial charge on any atom is 0.270 e. The third-order valence-electron chi connectivity index (χ3n) is 6.67. The van der Waals surface area contributed by atoms with Crippen molar-refractivity contribution in [3.8, 4) is 39.3 Å². The first-order valence-corrected chi connectivity index (χ1v) is 10.8. The number of nitro groups is 1. The fourth-order valence-corrected chi connectivity index (χ4v) is 5.23. The second kappa shape index (κ2) is 7.02. The quantitative estimate of drug-likeness (QED) is 0.324. The number of non-ortho nitro benzene ring substituents is 1. The van der Waals surface area contributed by atoms with Gasteiger partial charge in [0.15, 0.2) is 0 Å². The predicted molar refractivity (Wildman–Crippen MR) is 124 cm³/mol. The number of aromatic hydroxyl groups is 1. The molecule has 2 aliphatic rings. The summed E-state index contributed by atoms with van der Waals surface area (Å²) in [7, 11) is 0. The SMILES string of the molecule is O=[N+]([O-])c1ccc(O)c(-c2nc3c(c4c2-c2ccccc2CC4)-c2ccccc2CC3)c1. The Hall–Kier alpha value is -3.99. The molecule has 0 bridgehead atoms. The van der Waals surface area contributed by atoms with E-state index >= 15 is 0 Å². The first-order chi connectivity index (χ1) is 15.6. The molecule has 0 fully saturated rings. The van der Waals surface area contributed by atoms with Gasteiger partial charge in [0.1, 0.15) is 5.75 Å². The van der Waals surface area contributed by atoms with Gasteiger partial charge in [0, 0.05) is 34.5 Å². The number of phenolic OH excluding ortho intramolecular Hbond substituents is 1. The minimum Gasteiger partial charge on any atom is -0.507 e. The van der Waals surface area contributed by atoms with E-state index in [1.54, 1.807) is 0 Å².